The summed E-state index contributed by atoms with van der Waals surface area (Å²) in [4.78, 5) is 2.99. The normalized spacial score (nSPS) is 8.04. The maximum absolute atomic E-state index is 2.99. The van der Waals surface area contributed by atoms with E-state index in [-0.39, 0.29) is 39.7 Å². The van der Waals surface area contributed by atoms with E-state index in [1.165, 1.54) is 19.4 Å². The predicted molar refractivity (Wildman–Crippen MR) is 120 cm³/mol. The maximum Gasteiger partial charge on any atom is -0.0745 e. The second-order valence-corrected chi connectivity index (χ2v) is 7.61. The van der Waals surface area contributed by atoms with Gasteiger partial charge in [0.05, 0.1) is 0 Å². The predicted octanol–water partition coefficient (Wildman–Crippen LogP) is 7.02. The van der Waals surface area contributed by atoms with Crippen molar-refractivity contribution in [2.75, 3.05) is 0 Å². The molecular formula is C22H27Cl2NZr-4. The molecule has 0 saturated carbocycles. The Morgan fingerprint density at radius 1 is 0.885 bits per heavy atom. The average Bonchev–Trinajstić information content (AvgIpc) is 3.16. The van der Waals surface area contributed by atoms with Gasteiger partial charge in [-0.3, -0.25) is 0 Å². The minimum atomic E-state index is 0. The van der Waals surface area contributed by atoms with Gasteiger partial charge in [0.1, 0.15) is 0 Å². The van der Waals surface area contributed by atoms with Crippen molar-refractivity contribution in [1.29, 1.82) is 0 Å². The second kappa shape index (κ2) is 16.1. The van der Waals surface area contributed by atoms with Gasteiger partial charge in [-0.15, -0.1) is 78.3 Å². The van der Waals surface area contributed by atoms with Gasteiger partial charge < -0.3 is 19.8 Å². The number of para-hydroxylation sites is 1. The van der Waals surface area contributed by atoms with Crippen molar-refractivity contribution in [3.8, 4) is 0 Å². The largest absolute Gasteiger partial charge is 0.477 e. The SMILES string of the molecule is C[C](C)=[Zr].Cl.Cl.[CH3-].[CH3-].[c-]1cc2ccccc2[nH]1.c1ccc2[cH-]ccc2c1. The monoisotopic (exact) mass is 465 g/mol. The Bertz CT molecular complexity index is 719. The van der Waals surface area contributed by atoms with Crippen LogP contribution in [0.2, 0.25) is 0 Å². The van der Waals surface area contributed by atoms with Crippen LogP contribution in [0.25, 0.3) is 21.7 Å². The molecule has 1 nitrogen and oxygen atoms in total. The zero-order valence-corrected chi connectivity index (χ0v) is 19.8. The molecule has 0 bridgehead atoms. The minimum Gasteiger partial charge on any atom is -0.477 e. The summed E-state index contributed by atoms with van der Waals surface area (Å²) in [6.45, 7) is 4.25. The molecule has 0 radical (unpaired) electrons. The van der Waals surface area contributed by atoms with Gasteiger partial charge in [-0.2, -0.15) is 29.0 Å². The number of fused-ring (bicyclic) bond motifs is 2. The first-order chi connectivity index (χ1) is 10.7. The number of benzene rings is 2. The second-order valence-electron chi connectivity index (χ2n) is 5.16. The molecule has 0 aliphatic carbocycles. The molecule has 0 atom stereocenters. The summed E-state index contributed by atoms with van der Waals surface area (Å²) in [7, 11) is 0. The van der Waals surface area contributed by atoms with E-state index in [1.807, 2.05) is 24.3 Å². The Morgan fingerprint density at radius 3 is 2.00 bits per heavy atom. The van der Waals surface area contributed by atoms with Crippen LogP contribution in [0.15, 0.2) is 72.8 Å². The fourth-order valence-electron chi connectivity index (χ4n) is 2.00. The molecule has 1 N–H and O–H groups in total. The fourth-order valence-corrected chi connectivity index (χ4v) is 2.00. The molecule has 1 heterocycles. The van der Waals surface area contributed by atoms with Gasteiger partial charge in [0, 0.05) is 0 Å². The van der Waals surface area contributed by atoms with Crippen LogP contribution in [-0.4, -0.2) is 8.19 Å². The first kappa shape index (κ1) is 29.7. The number of rotatable bonds is 0. The van der Waals surface area contributed by atoms with Crippen molar-refractivity contribution in [3.63, 3.8) is 0 Å². The van der Waals surface area contributed by atoms with Crippen LogP contribution in [0.4, 0.5) is 0 Å². The molecule has 0 unspecified atom stereocenters. The number of nitrogens with one attached hydrogen (secondary N) is 1. The molecule has 0 saturated heterocycles. The van der Waals surface area contributed by atoms with Gasteiger partial charge in [-0.1, -0.05) is 18.2 Å². The van der Waals surface area contributed by atoms with Crippen LogP contribution < -0.4 is 0 Å². The van der Waals surface area contributed by atoms with Crippen molar-refractivity contribution in [3.05, 3.63) is 93.8 Å². The van der Waals surface area contributed by atoms with E-state index in [0.717, 1.165) is 5.52 Å². The summed E-state index contributed by atoms with van der Waals surface area (Å²) in [5.74, 6) is 0. The van der Waals surface area contributed by atoms with Gasteiger partial charge in [0.15, 0.2) is 0 Å². The number of hydrogen-bond donors (Lipinski definition) is 1. The summed E-state index contributed by atoms with van der Waals surface area (Å²) >= 11 is 1.55. The number of halogens is 2. The van der Waals surface area contributed by atoms with Gasteiger partial charge >= 0.3 is 41.3 Å². The van der Waals surface area contributed by atoms with Crippen LogP contribution in [-0.2, 0) is 24.2 Å². The smallest absolute Gasteiger partial charge is 0.0745 e. The van der Waals surface area contributed by atoms with E-state index >= 15 is 0 Å². The minimum absolute atomic E-state index is 0. The summed E-state index contributed by atoms with van der Waals surface area (Å²) < 4.78 is 1.51. The number of H-pyrrole nitrogens is 1. The Kier molecular flexibility index (Phi) is 18.4. The first-order valence-electron chi connectivity index (χ1n) is 7.23. The van der Waals surface area contributed by atoms with Crippen LogP contribution in [0, 0.1) is 21.1 Å². The molecular weight excluding hydrogens is 440 g/mol. The molecule has 0 amide bonds. The number of aromatic amines is 1. The van der Waals surface area contributed by atoms with Crippen molar-refractivity contribution in [1.82, 2.24) is 4.98 Å². The Labute approximate surface area is 185 Å². The van der Waals surface area contributed by atoms with E-state index in [9.17, 15) is 0 Å². The van der Waals surface area contributed by atoms with Crippen LogP contribution in [0.1, 0.15) is 13.8 Å². The topological polar surface area (TPSA) is 15.8 Å². The van der Waals surface area contributed by atoms with Crippen LogP contribution in [0.3, 0.4) is 0 Å². The average molecular weight is 468 g/mol. The van der Waals surface area contributed by atoms with Gasteiger partial charge in [0.25, 0.3) is 0 Å². The number of hydrogen-bond acceptors (Lipinski definition) is 0. The molecule has 0 aliphatic heterocycles. The summed E-state index contributed by atoms with van der Waals surface area (Å²) in [5.41, 5.74) is 1.15. The van der Waals surface area contributed by atoms with E-state index < -0.39 is 0 Å². The zero-order valence-electron chi connectivity index (χ0n) is 15.7. The summed E-state index contributed by atoms with van der Waals surface area (Å²) in [5, 5.41) is 3.88. The molecule has 142 valence electrons. The third kappa shape index (κ3) is 10.2. The Balaban J connectivity index is -0.000000302. The quantitative estimate of drug-likeness (QED) is 0.268. The van der Waals surface area contributed by atoms with Crippen molar-refractivity contribution in [2.24, 2.45) is 0 Å². The van der Waals surface area contributed by atoms with Crippen LogP contribution in [0.5, 0.6) is 0 Å². The first-order valence-corrected chi connectivity index (χ1v) is 8.46. The standard InChI is InChI=1S/C9H7.C8H6N.C3H6.2CH3.2ClH.Zr/c1-2-5-9-7-3-6-8(9)4-1;1-2-4-8-7(3-1)5-6-9-8;1-3-2;;;;;/h1-7H;1-5,9H;1-2H3;2*1H3;2*1H;/q2*-1;;2*-1;;;. The van der Waals surface area contributed by atoms with Crippen molar-refractivity contribution >= 4 is 49.7 Å². The molecule has 4 rings (SSSR count). The van der Waals surface area contributed by atoms with Crippen LogP contribution >= 0.6 is 24.8 Å². The summed E-state index contributed by atoms with van der Waals surface area (Å²) in [6.07, 6.45) is 2.91. The molecule has 26 heavy (non-hydrogen) atoms. The molecule has 4 heteroatoms. The zero-order chi connectivity index (χ0) is 15.8. The van der Waals surface area contributed by atoms with E-state index in [2.05, 4.69) is 73.6 Å². The summed E-state index contributed by atoms with van der Waals surface area (Å²) in [6, 6.07) is 24.7. The Hall–Kier alpha value is -1.08. The van der Waals surface area contributed by atoms with Crippen molar-refractivity contribution in [2.45, 2.75) is 13.8 Å². The van der Waals surface area contributed by atoms with E-state index in [0.29, 0.717) is 0 Å². The van der Waals surface area contributed by atoms with Gasteiger partial charge in [0.2, 0.25) is 0 Å². The molecule has 3 aromatic carbocycles. The fraction of sp³-hybridized carbons (Fsp3) is 0.0909. The Morgan fingerprint density at radius 2 is 1.42 bits per heavy atom. The third-order valence-electron chi connectivity index (χ3n) is 2.94. The van der Waals surface area contributed by atoms with Gasteiger partial charge in [-0.25, -0.2) is 0 Å². The molecule has 0 aliphatic rings. The van der Waals surface area contributed by atoms with Crippen molar-refractivity contribution < 1.29 is 24.2 Å². The molecule has 0 spiro atoms. The molecule has 1 aromatic heterocycles. The van der Waals surface area contributed by atoms with E-state index in [4.69, 9.17) is 0 Å². The molecule has 0 fully saturated rings. The third-order valence-corrected chi connectivity index (χ3v) is 2.94. The molecule has 4 aromatic rings. The number of aromatic nitrogens is 1. The maximum atomic E-state index is 2.99. The van der Waals surface area contributed by atoms with E-state index in [1.54, 1.807) is 24.2 Å². The van der Waals surface area contributed by atoms with Gasteiger partial charge in [-0.05, 0) is 0 Å².